The molecule has 3 aliphatic carbocycles. The van der Waals surface area contributed by atoms with E-state index in [0.717, 1.165) is 17.4 Å². The van der Waals surface area contributed by atoms with E-state index in [-0.39, 0.29) is 5.92 Å². The van der Waals surface area contributed by atoms with Gasteiger partial charge in [0.2, 0.25) is 0 Å². The number of carbonyl (C=O) groups is 1. The molecule has 2 bridgehead atoms. The van der Waals surface area contributed by atoms with E-state index in [2.05, 4.69) is 0 Å². The number of hydrogen-bond acceptors (Lipinski definition) is 1. The lowest BCUT2D eigenvalue weighted by molar-refractivity contribution is 0.0944. The maximum Gasteiger partial charge on any atom is 0.166 e. The molecule has 94 valence electrons. The molecular weight excluding hydrogens is 267 g/mol. The zero-order valence-corrected chi connectivity index (χ0v) is 11.4. The minimum atomic E-state index is 0.286. The standard InChI is InChI=1S/C15H14Cl2O/c16-10-4-3-9(6-11(10)17)15(18)14-12-7-1-2-8(5-7)13(12)14/h3-4,6-8,12-14H,1-2,5H2. The van der Waals surface area contributed by atoms with Crippen molar-refractivity contribution in [2.45, 2.75) is 19.3 Å². The van der Waals surface area contributed by atoms with E-state index < -0.39 is 0 Å². The number of carbonyl (C=O) groups excluding carboxylic acids is 1. The van der Waals surface area contributed by atoms with Crippen LogP contribution in [0.2, 0.25) is 10.0 Å². The van der Waals surface area contributed by atoms with E-state index in [0.29, 0.717) is 27.7 Å². The Morgan fingerprint density at radius 1 is 1.06 bits per heavy atom. The van der Waals surface area contributed by atoms with E-state index in [4.69, 9.17) is 23.2 Å². The number of ketones is 1. The molecule has 0 heterocycles. The molecule has 3 aliphatic rings. The molecule has 0 radical (unpaired) electrons. The quantitative estimate of drug-likeness (QED) is 0.731. The van der Waals surface area contributed by atoms with Crippen LogP contribution in [0.1, 0.15) is 29.6 Å². The molecule has 4 unspecified atom stereocenters. The van der Waals surface area contributed by atoms with Gasteiger partial charge in [-0.25, -0.2) is 0 Å². The number of hydrogen-bond donors (Lipinski definition) is 0. The molecule has 4 atom stereocenters. The molecule has 1 aromatic rings. The van der Waals surface area contributed by atoms with Crippen LogP contribution in [0.25, 0.3) is 0 Å². The number of rotatable bonds is 2. The number of benzene rings is 1. The van der Waals surface area contributed by atoms with Gasteiger partial charge in [-0.1, -0.05) is 23.2 Å². The zero-order chi connectivity index (χ0) is 12.4. The summed E-state index contributed by atoms with van der Waals surface area (Å²) < 4.78 is 0. The third kappa shape index (κ3) is 1.44. The molecule has 0 saturated heterocycles. The second-order valence-electron chi connectivity index (χ2n) is 6.01. The molecule has 4 rings (SSSR count). The maximum absolute atomic E-state index is 12.5. The van der Waals surface area contributed by atoms with Gasteiger partial charge < -0.3 is 0 Å². The van der Waals surface area contributed by atoms with E-state index >= 15 is 0 Å². The average molecular weight is 281 g/mol. The van der Waals surface area contributed by atoms with Crippen LogP contribution in [0.4, 0.5) is 0 Å². The fraction of sp³-hybridized carbons (Fsp3) is 0.533. The van der Waals surface area contributed by atoms with E-state index in [1.165, 1.54) is 19.3 Å². The summed E-state index contributed by atoms with van der Waals surface area (Å²) in [5.74, 6) is 3.61. The summed E-state index contributed by atoms with van der Waals surface area (Å²) >= 11 is 11.9. The van der Waals surface area contributed by atoms with Gasteiger partial charge in [0, 0.05) is 11.5 Å². The molecule has 0 N–H and O–H groups in total. The van der Waals surface area contributed by atoms with Gasteiger partial charge in [-0.15, -0.1) is 0 Å². The third-order valence-electron chi connectivity index (χ3n) is 5.24. The Hall–Kier alpha value is -0.530. The normalized spacial score (nSPS) is 39.8. The van der Waals surface area contributed by atoms with Gasteiger partial charge in [0.05, 0.1) is 10.0 Å². The van der Waals surface area contributed by atoms with Crippen LogP contribution in [0, 0.1) is 29.6 Å². The topological polar surface area (TPSA) is 17.1 Å². The van der Waals surface area contributed by atoms with Gasteiger partial charge in [-0.05, 0) is 61.1 Å². The molecule has 0 amide bonds. The first-order valence-electron chi connectivity index (χ1n) is 6.66. The monoisotopic (exact) mass is 280 g/mol. The van der Waals surface area contributed by atoms with Gasteiger partial charge in [-0.2, -0.15) is 0 Å². The van der Waals surface area contributed by atoms with Crippen molar-refractivity contribution in [2.24, 2.45) is 29.6 Å². The molecule has 0 aliphatic heterocycles. The molecule has 18 heavy (non-hydrogen) atoms. The SMILES string of the molecule is O=C(c1ccc(Cl)c(Cl)c1)C1C2C3CCC(C3)C12. The average Bonchev–Trinajstić information content (AvgIpc) is 2.80. The van der Waals surface area contributed by atoms with Crippen molar-refractivity contribution in [1.82, 2.24) is 0 Å². The second kappa shape index (κ2) is 3.74. The summed E-state index contributed by atoms with van der Waals surface area (Å²) in [7, 11) is 0. The highest BCUT2D eigenvalue weighted by atomic mass is 35.5. The summed E-state index contributed by atoms with van der Waals surface area (Å²) in [4.78, 5) is 12.5. The summed E-state index contributed by atoms with van der Waals surface area (Å²) in [5, 5.41) is 1.00. The number of fused-ring (bicyclic) bond motifs is 5. The van der Waals surface area contributed by atoms with Crippen molar-refractivity contribution < 1.29 is 4.79 Å². The fourth-order valence-corrected chi connectivity index (χ4v) is 4.82. The Bertz CT molecular complexity index is 523. The Balaban J connectivity index is 1.60. The second-order valence-corrected chi connectivity index (χ2v) is 6.82. The Labute approximate surface area is 116 Å². The first-order valence-corrected chi connectivity index (χ1v) is 7.41. The highest BCUT2D eigenvalue weighted by molar-refractivity contribution is 6.42. The van der Waals surface area contributed by atoms with E-state index in [1.807, 2.05) is 6.07 Å². The van der Waals surface area contributed by atoms with Gasteiger partial charge in [0.25, 0.3) is 0 Å². The van der Waals surface area contributed by atoms with Crippen molar-refractivity contribution in [2.75, 3.05) is 0 Å². The summed E-state index contributed by atoms with van der Waals surface area (Å²) in [6.07, 6.45) is 4.06. The molecule has 1 nitrogen and oxygen atoms in total. The number of halogens is 2. The Kier molecular flexibility index (Phi) is 2.35. The minimum absolute atomic E-state index is 0.286. The van der Waals surface area contributed by atoms with E-state index in [9.17, 15) is 4.79 Å². The molecule has 0 spiro atoms. The summed E-state index contributed by atoms with van der Waals surface area (Å²) in [6.45, 7) is 0. The van der Waals surface area contributed by atoms with Gasteiger partial charge in [0.15, 0.2) is 5.78 Å². The smallest absolute Gasteiger partial charge is 0.166 e. The predicted molar refractivity (Wildman–Crippen MR) is 72.1 cm³/mol. The highest BCUT2D eigenvalue weighted by Crippen LogP contribution is 2.69. The predicted octanol–water partition coefficient (Wildman–Crippen LogP) is 4.47. The van der Waals surface area contributed by atoms with Crippen molar-refractivity contribution in [1.29, 1.82) is 0 Å². The van der Waals surface area contributed by atoms with Crippen LogP contribution in [-0.4, -0.2) is 5.78 Å². The zero-order valence-electron chi connectivity index (χ0n) is 9.90. The van der Waals surface area contributed by atoms with Crippen LogP contribution in [-0.2, 0) is 0 Å². The Morgan fingerprint density at radius 2 is 1.72 bits per heavy atom. The first kappa shape index (κ1) is 11.3. The first-order chi connectivity index (χ1) is 8.66. The highest BCUT2D eigenvalue weighted by Gasteiger charge is 2.67. The third-order valence-corrected chi connectivity index (χ3v) is 5.98. The lowest BCUT2D eigenvalue weighted by Crippen LogP contribution is -2.10. The number of Topliss-reactive ketones (excluding diaryl/α,β-unsaturated/α-hetero) is 1. The summed E-state index contributed by atoms with van der Waals surface area (Å²) in [6, 6.07) is 5.26. The molecule has 3 heteroatoms. The van der Waals surface area contributed by atoms with Gasteiger partial charge >= 0.3 is 0 Å². The van der Waals surface area contributed by atoms with Crippen LogP contribution in [0.15, 0.2) is 18.2 Å². The largest absolute Gasteiger partial charge is 0.294 e. The summed E-state index contributed by atoms with van der Waals surface area (Å²) in [5.41, 5.74) is 0.739. The van der Waals surface area contributed by atoms with Crippen molar-refractivity contribution in [3.05, 3.63) is 33.8 Å². The van der Waals surface area contributed by atoms with Crippen LogP contribution in [0.5, 0.6) is 0 Å². The maximum atomic E-state index is 12.5. The lowest BCUT2D eigenvalue weighted by atomic mass is 9.96. The molecular formula is C15H14Cl2O. The lowest BCUT2D eigenvalue weighted by Gasteiger charge is -2.08. The van der Waals surface area contributed by atoms with E-state index in [1.54, 1.807) is 12.1 Å². The minimum Gasteiger partial charge on any atom is -0.294 e. The van der Waals surface area contributed by atoms with Gasteiger partial charge in [0.1, 0.15) is 0 Å². The van der Waals surface area contributed by atoms with Gasteiger partial charge in [-0.3, -0.25) is 4.79 Å². The Morgan fingerprint density at radius 3 is 2.33 bits per heavy atom. The van der Waals surface area contributed by atoms with Crippen molar-refractivity contribution >= 4 is 29.0 Å². The van der Waals surface area contributed by atoms with Crippen LogP contribution < -0.4 is 0 Å². The molecule has 1 aromatic carbocycles. The fourth-order valence-electron chi connectivity index (χ4n) is 4.52. The van der Waals surface area contributed by atoms with Crippen molar-refractivity contribution in [3.63, 3.8) is 0 Å². The molecule has 3 saturated carbocycles. The molecule has 3 fully saturated rings. The van der Waals surface area contributed by atoms with Crippen LogP contribution >= 0.6 is 23.2 Å². The van der Waals surface area contributed by atoms with Crippen molar-refractivity contribution in [3.8, 4) is 0 Å². The molecule has 0 aromatic heterocycles. The van der Waals surface area contributed by atoms with Crippen LogP contribution in [0.3, 0.4) is 0 Å².